The number of amides is 1. The van der Waals surface area contributed by atoms with E-state index in [0.717, 1.165) is 38.3 Å². The third-order valence-corrected chi connectivity index (χ3v) is 5.16. The average molecular weight is 300 g/mol. The van der Waals surface area contributed by atoms with Gasteiger partial charge in [-0.05, 0) is 50.1 Å². The molecule has 22 heavy (non-hydrogen) atoms. The first-order valence-corrected chi connectivity index (χ1v) is 8.84. The lowest BCUT2D eigenvalue weighted by Crippen LogP contribution is -2.43. The maximum absolute atomic E-state index is 12.6. The Labute approximate surface area is 134 Å². The van der Waals surface area contributed by atoms with Crippen LogP contribution in [0.15, 0.2) is 30.3 Å². The van der Waals surface area contributed by atoms with Crippen molar-refractivity contribution in [3.8, 4) is 0 Å². The molecule has 0 spiro atoms. The molecular weight excluding hydrogens is 272 g/mol. The van der Waals surface area contributed by atoms with Crippen LogP contribution in [-0.4, -0.2) is 36.5 Å². The first kappa shape index (κ1) is 15.5. The highest BCUT2D eigenvalue weighted by Crippen LogP contribution is 2.33. The molecule has 1 aliphatic carbocycles. The van der Waals surface area contributed by atoms with E-state index in [1.54, 1.807) is 0 Å². The number of carbonyl (C=O) groups is 1. The van der Waals surface area contributed by atoms with Gasteiger partial charge in [0.15, 0.2) is 0 Å². The van der Waals surface area contributed by atoms with Gasteiger partial charge < -0.3 is 10.2 Å². The van der Waals surface area contributed by atoms with E-state index in [9.17, 15) is 4.79 Å². The number of rotatable bonds is 7. The van der Waals surface area contributed by atoms with E-state index in [-0.39, 0.29) is 5.91 Å². The van der Waals surface area contributed by atoms with Crippen molar-refractivity contribution in [2.45, 2.75) is 51.0 Å². The molecule has 1 saturated carbocycles. The zero-order chi connectivity index (χ0) is 15.4. The van der Waals surface area contributed by atoms with Crippen LogP contribution in [0.1, 0.15) is 50.5 Å². The molecule has 2 unspecified atom stereocenters. The summed E-state index contributed by atoms with van der Waals surface area (Å²) < 4.78 is 0. The highest BCUT2D eigenvalue weighted by molar-refractivity contribution is 5.79. The quantitative estimate of drug-likeness (QED) is 0.839. The molecule has 1 saturated heterocycles. The fraction of sp³-hybridized carbons (Fsp3) is 0.632. The van der Waals surface area contributed by atoms with Gasteiger partial charge in [-0.2, -0.15) is 0 Å². The fourth-order valence-corrected chi connectivity index (χ4v) is 3.76. The van der Waals surface area contributed by atoms with Crippen molar-refractivity contribution in [1.82, 2.24) is 10.2 Å². The van der Waals surface area contributed by atoms with Crippen LogP contribution in [0.3, 0.4) is 0 Å². The third-order valence-electron chi connectivity index (χ3n) is 5.16. The van der Waals surface area contributed by atoms with Gasteiger partial charge in [0.2, 0.25) is 5.91 Å². The zero-order valence-corrected chi connectivity index (χ0v) is 13.6. The van der Waals surface area contributed by atoms with Gasteiger partial charge in [-0.15, -0.1) is 0 Å². The van der Waals surface area contributed by atoms with Crippen LogP contribution in [0.25, 0.3) is 0 Å². The smallest absolute Gasteiger partial charge is 0.236 e. The van der Waals surface area contributed by atoms with Crippen LogP contribution in [-0.2, 0) is 4.79 Å². The monoisotopic (exact) mass is 300 g/mol. The number of nitrogens with zero attached hydrogens (tertiary/aromatic N) is 1. The van der Waals surface area contributed by atoms with E-state index in [4.69, 9.17) is 0 Å². The van der Waals surface area contributed by atoms with Crippen molar-refractivity contribution < 1.29 is 4.79 Å². The summed E-state index contributed by atoms with van der Waals surface area (Å²) in [6, 6.07) is 11.1. The normalized spacial score (nSPS) is 22.8. The Morgan fingerprint density at radius 1 is 1.27 bits per heavy atom. The molecule has 1 heterocycles. The minimum absolute atomic E-state index is 0.289. The zero-order valence-electron chi connectivity index (χ0n) is 13.6. The molecule has 3 nitrogen and oxygen atoms in total. The summed E-state index contributed by atoms with van der Waals surface area (Å²) in [6.45, 7) is 4.69. The van der Waals surface area contributed by atoms with Crippen molar-refractivity contribution in [2.75, 3.05) is 19.6 Å². The second-order valence-corrected chi connectivity index (χ2v) is 6.80. The fourth-order valence-electron chi connectivity index (χ4n) is 3.76. The van der Waals surface area contributed by atoms with Crippen molar-refractivity contribution in [1.29, 1.82) is 0 Å². The van der Waals surface area contributed by atoms with E-state index in [2.05, 4.69) is 47.5 Å². The van der Waals surface area contributed by atoms with Gasteiger partial charge in [-0.25, -0.2) is 0 Å². The summed E-state index contributed by atoms with van der Waals surface area (Å²) in [5.41, 5.74) is 1.38. The molecule has 0 bridgehead atoms. The van der Waals surface area contributed by atoms with Crippen molar-refractivity contribution in [3.63, 3.8) is 0 Å². The maximum Gasteiger partial charge on any atom is 0.236 e. The highest BCUT2D eigenvalue weighted by Gasteiger charge is 2.34. The molecule has 2 fully saturated rings. The number of nitrogens with one attached hydrogen (secondary N) is 1. The summed E-state index contributed by atoms with van der Waals surface area (Å²) in [5.74, 6) is 1.59. The summed E-state index contributed by atoms with van der Waals surface area (Å²) in [4.78, 5) is 14.7. The molecule has 1 aromatic rings. The van der Waals surface area contributed by atoms with Gasteiger partial charge in [-0.1, -0.05) is 37.3 Å². The molecule has 0 aromatic heterocycles. The van der Waals surface area contributed by atoms with Crippen LogP contribution in [0.2, 0.25) is 0 Å². The molecule has 2 atom stereocenters. The average Bonchev–Trinajstić information content (AvgIpc) is 3.24. The molecular formula is C19H28N2O. The number of hydrogen-bond acceptors (Lipinski definition) is 2. The predicted octanol–water partition coefficient (Wildman–Crippen LogP) is 3.17. The number of benzene rings is 1. The molecule has 0 radical (unpaired) electrons. The lowest BCUT2D eigenvalue weighted by molar-refractivity contribution is -0.131. The summed E-state index contributed by atoms with van der Waals surface area (Å²) in [5, 5.41) is 3.35. The summed E-state index contributed by atoms with van der Waals surface area (Å²) in [7, 11) is 0. The number of hydrogen-bond donors (Lipinski definition) is 1. The molecule has 3 heteroatoms. The van der Waals surface area contributed by atoms with Crippen LogP contribution in [0.5, 0.6) is 0 Å². The van der Waals surface area contributed by atoms with Crippen LogP contribution in [0, 0.1) is 5.92 Å². The summed E-state index contributed by atoms with van der Waals surface area (Å²) >= 11 is 0. The maximum atomic E-state index is 12.6. The molecule has 1 amide bonds. The Hall–Kier alpha value is -1.35. The van der Waals surface area contributed by atoms with E-state index in [1.807, 2.05) is 0 Å². The largest absolute Gasteiger partial charge is 0.338 e. The van der Waals surface area contributed by atoms with Crippen LogP contribution < -0.4 is 5.32 Å². The van der Waals surface area contributed by atoms with E-state index in [0.29, 0.717) is 18.5 Å². The Bertz CT molecular complexity index is 483. The number of carbonyl (C=O) groups excluding carboxylic acids is 1. The molecule has 1 N–H and O–H groups in total. The molecule has 2 aliphatic rings. The van der Waals surface area contributed by atoms with Gasteiger partial charge in [-0.3, -0.25) is 4.79 Å². The Morgan fingerprint density at radius 3 is 2.73 bits per heavy atom. The first-order valence-electron chi connectivity index (χ1n) is 8.84. The Morgan fingerprint density at radius 2 is 2.05 bits per heavy atom. The topological polar surface area (TPSA) is 32.3 Å². The van der Waals surface area contributed by atoms with E-state index in [1.165, 1.54) is 18.4 Å². The minimum atomic E-state index is 0.289. The van der Waals surface area contributed by atoms with Gasteiger partial charge in [0, 0.05) is 18.5 Å². The molecule has 1 aromatic carbocycles. The standard InChI is InChI=1S/C19H28N2O/c1-2-17(16-7-4-3-5-8-16)18-9-6-12-21(18)19(22)14-20-13-15-10-11-15/h3-5,7-8,15,17-18,20H,2,6,9-14H2,1H3. The Balaban J connectivity index is 1.61. The van der Waals surface area contributed by atoms with Gasteiger partial charge >= 0.3 is 0 Å². The van der Waals surface area contributed by atoms with E-state index >= 15 is 0 Å². The van der Waals surface area contributed by atoms with E-state index < -0.39 is 0 Å². The van der Waals surface area contributed by atoms with Crippen molar-refractivity contribution in [2.24, 2.45) is 5.92 Å². The molecule has 1 aliphatic heterocycles. The number of likely N-dealkylation sites (tertiary alicyclic amines) is 1. The van der Waals surface area contributed by atoms with Gasteiger partial charge in [0.25, 0.3) is 0 Å². The second-order valence-electron chi connectivity index (χ2n) is 6.80. The summed E-state index contributed by atoms with van der Waals surface area (Å²) in [6.07, 6.45) is 6.04. The Kier molecular flexibility index (Phi) is 5.14. The lowest BCUT2D eigenvalue weighted by atomic mass is 9.87. The second kappa shape index (κ2) is 7.28. The third kappa shape index (κ3) is 3.70. The first-order chi connectivity index (χ1) is 10.8. The van der Waals surface area contributed by atoms with Crippen LogP contribution in [0.4, 0.5) is 0 Å². The van der Waals surface area contributed by atoms with Crippen molar-refractivity contribution >= 4 is 5.91 Å². The predicted molar refractivity (Wildman–Crippen MR) is 89.8 cm³/mol. The SMILES string of the molecule is CCC(c1ccccc1)C1CCCN1C(=O)CNCC1CC1. The lowest BCUT2D eigenvalue weighted by Gasteiger charge is -2.32. The van der Waals surface area contributed by atoms with Gasteiger partial charge in [0.05, 0.1) is 6.54 Å². The van der Waals surface area contributed by atoms with Crippen LogP contribution >= 0.6 is 0 Å². The highest BCUT2D eigenvalue weighted by atomic mass is 16.2. The molecule has 3 rings (SSSR count). The molecule has 120 valence electrons. The van der Waals surface area contributed by atoms with Crippen molar-refractivity contribution in [3.05, 3.63) is 35.9 Å². The van der Waals surface area contributed by atoms with Gasteiger partial charge in [0.1, 0.15) is 0 Å². The minimum Gasteiger partial charge on any atom is -0.338 e.